The van der Waals surface area contributed by atoms with Gasteiger partial charge in [-0.3, -0.25) is 0 Å². The van der Waals surface area contributed by atoms with Crippen molar-refractivity contribution in [2.24, 2.45) is 0 Å². The van der Waals surface area contributed by atoms with Crippen molar-refractivity contribution in [2.45, 2.75) is 19.3 Å². The summed E-state index contributed by atoms with van der Waals surface area (Å²) in [5.74, 6) is -0.571. The molecule has 1 saturated heterocycles. The van der Waals surface area contributed by atoms with Gasteiger partial charge in [-0.25, -0.2) is 4.39 Å². The van der Waals surface area contributed by atoms with Crippen molar-refractivity contribution in [1.29, 1.82) is 0 Å². The molecule has 5 N–H and O–H groups in total. The van der Waals surface area contributed by atoms with Gasteiger partial charge in [0.2, 0.25) is 0 Å². The first-order chi connectivity index (χ1) is 9.09. The van der Waals surface area contributed by atoms with E-state index in [4.69, 9.17) is 23.1 Å². The zero-order valence-electron chi connectivity index (χ0n) is 10.9. The summed E-state index contributed by atoms with van der Waals surface area (Å²) in [5.41, 5.74) is 12.0. The van der Waals surface area contributed by atoms with Crippen LogP contribution < -0.4 is 16.8 Å². The molecule has 0 unspecified atom stereocenters. The third-order valence-electron chi connectivity index (χ3n) is 3.44. The number of anilines is 3. The van der Waals surface area contributed by atoms with Crippen LogP contribution in [0.5, 0.6) is 0 Å². The number of nitrogens with zero attached hydrogens (tertiary/aromatic N) is 1. The van der Waals surface area contributed by atoms with E-state index in [-0.39, 0.29) is 22.1 Å². The van der Waals surface area contributed by atoms with Crippen molar-refractivity contribution in [3.8, 4) is 0 Å². The van der Waals surface area contributed by atoms with E-state index in [2.05, 4.69) is 10.2 Å². The Bertz CT molecular complexity index is 447. The second-order valence-electron chi connectivity index (χ2n) is 4.89. The molecule has 1 aliphatic rings. The van der Waals surface area contributed by atoms with Crippen molar-refractivity contribution < 1.29 is 4.39 Å². The number of nitrogens with one attached hydrogen (secondary N) is 1. The van der Waals surface area contributed by atoms with E-state index in [1.807, 2.05) is 0 Å². The molecule has 0 spiro atoms. The Balaban J connectivity index is 1.94. The number of hydrogen-bond donors (Lipinski definition) is 3. The first-order valence-electron chi connectivity index (χ1n) is 6.58. The Morgan fingerprint density at radius 2 is 1.89 bits per heavy atom. The van der Waals surface area contributed by atoms with Crippen LogP contribution in [0.1, 0.15) is 19.3 Å². The summed E-state index contributed by atoms with van der Waals surface area (Å²) < 4.78 is 13.9. The number of benzene rings is 1. The van der Waals surface area contributed by atoms with Gasteiger partial charge in [0, 0.05) is 13.1 Å². The van der Waals surface area contributed by atoms with Crippen LogP contribution in [0.3, 0.4) is 0 Å². The second kappa shape index (κ2) is 6.30. The lowest BCUT2D eigenvalue weighted by molar-refractivity contribution is 0.237. The van der Waals surface area contributed by atoms with E-state index in [1.54, 1.807) is 0 Å². The molecule has 0 aliphatic carbocycles. The van der Waals surface area contributed by atoms with Crippen molar-refractivity contribution in [3.63, 3.8) is 0 Å². The smallest absolute Gasteiger partial charge is 0.169 e. The van der Waals surface area contributed by atoms with E-state index in [1.165, 1.54) is 25.3 Å². The fourth-order valence-corrected chi connectivity index (χ4v) is 2.52. The zero-order chi connectivity index (χ0) is 13.8. The number of halogens is 2. The molecule has 0 atom stereocenters. The van der Waals surface area contributed by atoms with Gasteiger partial charge in [-0.1, -0.05) is 18.0 Å². The maximum atomic E-state index is 13.9. The van der Waals surface area contributed by atoms with Crippen molar-refractivity contribution in [3.05, 3.63) is 16.9 Å². The quantitative estimate of drug-likeness (QED) is 0.744. The predicted octanol–water partition coefficient (Wildman–Crippen LogP) is 2.54. The van der Waals surface area contributed by atoms with E-state index in [9.17, 15) is 4.39 Å². The highest BCUT2D eigenvalue weighted by Gasteiger charge is 2.15. The van der Waals surface area contributed by atoms with Gasteiger partial charge >= 0.3 is 0 Å². The normalized spacial score (nSPS) is 16.5. The third-order valence-corrected chi connectivity index (χ3v) is 3.83. The average molecular weight is 287 g/mol. The van der Waals surface area contributed by atoms with Gasteiger partial charge in [-0.05, 0) is 32.0 Å². The number of nitrogens with two attached hydrogens (primary N) is 2. The van der Waals surface area contributed by atoms with Crippen LogP contribution in [0, 0.1) is 5.82 Å². The second-order valence-corrected chi connectivity index (χ2v) is 5.27. The minimum Gasteiger partial charge on any atom is -0.397 e. The summed E-state index contributed by atoms with van der Waals surface area (Å²) in [4.78, 5) is 2.36. The van der Waals surface area contributed by atoms with Gasteiger partial charge in [0.05, 0.1) is 17.1 Å². The van der Waals surface area contributed by atoms with Crippen LogP contribution in [0.15, 0.2) is 6.07 Å². The minimum absolute atomic E-state index is 0.0744. The van der Waals surface area contributed by atoms with Gasteiger partial charge in [-0.15, -0.1) is 0 Å². The summed E-state index contributed by atoms with van der Waals surface area (Å²) >= 11 is 5.78. The lowest BCUT2D eigenvalue weighted by atomic mass is 10.1. The highest BCUT2D eigenvalue weighted by molar-refractivity contribution is 6.33. The van der Waals surface area contributed by atoms with E-state index in [0.29, 0.717) is 6.54 Å². The molecule has 1 heterocycles. The van der Waals surface area contributed by atoms with Crippen LogP contribution >= 0.6 is 11.6 Å². The van der Waals surface area contributed by atoms with Crippen LogP contribution in [-0.4, -0.2) is 31.1 Å². The number of likely N-dealkylation sites (tertiary alicyclic amines) is 1. The summed E-state index contributed by atoms with van der Waals surface area (Å²) in [6, 6.07) is 1.48. The van der Waals surface area contributed by atoms with Gasteiger partial charge in [0.15, 0.2) is 5.82 Å². The van der Waals surface area contributed by atoms with Gasteiger partial charge in [0.25, 0.3) is 0 Å². The highest BCUT2D eigenvalue weighted by atomic mass is 35.5. The number of piperidine rings is 1. The topological polar surface area (TPSA) is 67.3 Å². The molecule has 106 valence electrons. The maximum absolute atomic E-state index is 13.9. The number of rotatable bonds is 4. The molecule has 19 heavy (non-hydrogen) atoms. The van der Waals surface area contributed by atoms with E-state index < -0.39 is 5.82 Å². The standard InChI is InChI=1S/C13H20ClFN4/c14-11-9(16)8-10(17)13(12(11)15)18-4-7-19-5-2-1-3-6-19/h8,18H,1-7,16-17H2. The van der Waals surface area contributed by atoms with Crippen LogP contribution in [-0.2, 0) is 0 Å². The van der Waals surface area contributed by atoms with Crippen LogP contribution in [0.25, 0.3) is 0 Å². The summed E-state index contributed by atoms with van der Waals surface area (Å²) in [6.07, 6.45) is 3.79. The molecular formula is C13H20ClFN4. The molecule has 0 amide bonds. The molecule has 4 nitrogen and oxygen atoms in total. The molecule has 0 saturated carbocycles. The Hall–Kier alpha value is -1.20. The van der Waals surface area contributed by atoms with Crippen molar-refractivity contribution >= 4 is 28.7 Å². The largest absolute Gasteiger partial charge is 0.397 e. The fourth-order valence-electron chi connectivity index (χ4n) is 2.37. The van der Waals surface area contributed by atoms with Crippen LogP contribution in [0.2, 0.25) is 5.02 Å². The summed E-state index contributed by atoms with van der Waals surface area (Å²) in [7, 11) is 0. The fraction of sp³-hybridized carbons (Fsp3) is 0.538. The molecule has 1 aromatic carbocycles. The zero-order valence-corrected chi connectivity index (χ0v) is 11.6. The molecule has 1 aromatic rings. The molecule has 0 radical (unpaired) electrons. The first kappa shape index (κ1) is 14.2. The molecule has 2 rings (SSSR count). The molecule has 1 fully saturated rings. The molecule has 6 heteroatoms. The maximum Gasteiger partial charge on any atom is 0.169 e. The Labute approximate surface area is 117 Å². The van der Waals surface area contributed by atoms with E-state index in [0.717, 1.165) is 19.6 Å². The molecule has 0 bridgehead atoms. The highest BCUT2D eigenvalue weighted by Crippen LogP contribution is 2.33. The van der Waals surface area contributed by atoms with E-state index >= 15 is 0 Å². The molecular weight excluding hydrogens is 267 g/mol. The SMILES string of the molecule is Nc1cc(N)c(NCCN2CCCCC2)c(F)c1Cl. The van der Waals surface area contributed by atoms with Gasteiger partial charge < -0.3 is 21.7 Å². The minimum atomic E-state index is -0.571. The predicted molar refractivity (Wildman–Crippen MR) is 79.0 cm³/mol. The average Bonchev–Trinajstić information content (AvgIpc) is 2.41. The Morgan fingerprint density at radius 1 is 1.21 bits per heavy atom. The molecule has 1 aliphatic heterocycles. The monoisotopic (exact) mass is 286 g/mol. The lowest BCUT2D eigenvalue weighted by Gasteiger charge is -2.26. The third kappa shape index (κ3) is 3.42. The van der Waals surface area contributed by atoms with Crippen LogP contribution in [0.4, 0.5) is 21.5 Å². The summed E-state index contributed by atoms with van der Waals surface area (Å²) in [5, 5.41) is 2.94. The number of hydrogen-bond acceptors (Lipinski definition) is 4. The first-order valence-corrected chi connectivity index (χ1v) is 6.96. The van der Waals surface area contributed by atoms with Gasteiger partial charge in [0.1, 0.15) is 5.02 Å². The molecule has 0 aromatic heterocycles. The number of nitrogen functional groups attached to an aromatic ring is 2. The Morgan fingerprint density at radius 3 is 2.58 bits per heavy atom. The van der Waals surface area contributed by atoms with Gasteiger partial charge in [-0.2, -0.15) is 0 Å². The summed E-state index contributed by atoms with van der Waals surface area (Å²) in [6.45, 7) is 3.74. The Kier molecular flexibility index (Phi) is 4.71. The van der Waals surface area contributed by atoms with Crippen molar-refractivity contribution in [1.82, 2.24) is 4.90 Å². The lowest BCUT2D eigenvalue weighted by Crippen LogP contribution is -2.33. The van der Waals surface area contributed by atoms with Crippen molar-refractivity contribution in [2.75, 3.05) is 43.0 Å².